The summed E-state index contributed by atoms with van der Waals surface area (Å²) in [5, 5.41) is 11.2. The topological polar surface area (TPSA) is 107 Å². The van der Waals surface area contributed by atoms with Gasteiger partial charge in [0.15, 0.2) is 4.90 Å². The van der Waals surface area contributed by atoms with Gasteiger partial charge in [-0.3, -0.25) is 14.9 Å². The van der Waals surface area contributed by atoms with Crippen LogP contribution in [0.25, 0.3) is 0 Å². The highest BCUT2D eigenvalue weighted by Gasteiger charge is 2.42. The zero-order valence-electron chi connectivity index (χ0n) is 13.3. The molecular formula is C14H18N2O6S2. The number of carbonyl (C=O) groups is 1. The molecule has 1 aromatic rings. The summed E-state index contributed by atoms with van der Waals surface area (Å²) in [6.45, 7) is 3.37. The third-order valence-corrected chi connectivity index (χ3v) is 6.72. The van der Waals surface area contributed by atoms with E-state index >= 15 is 0 Å². The van der Waals surface area contributed by atoms with Gasteiger partial charge in [0.25, 0.3) is 15.7 Å². The minimum atomic E-state index is -4.20. The fraction of sp³-hybridized carbons (Fsp3) is 0.500. The second kappa shape index (κ2) is 7.49. The van der Waals surface area contributed by atoms with E-state index in [1.807, 2.05) is 0 Å². The van der Waals surface area contributed by atoms with Gasteiger partial charge in [-0.2, -0.15) is 16.1 Å². The van der Waals surface area contributed by atoms with Crippen LogP contribution < -0.4 is 0 Å². The number of esters is 1. The zero-order valence-corrected chi connectivity index (χ0v) is 14.9. The Balaban J connectivity index is 2.53. The molecule has 0 bridgehead atoms. The summed E-state index contributed by atoms with van der Waals surface area (Å²) in [4.78, 5) is 22.3. The summed E-state index contributed by atoms with van der Waals surface area (Å²) in [7, 11) is -4.20. The molecule has 10 heteroatoms. The molecule has 0 unspecified atom stereocenters. The average Bonchev–Trinajstić information content (AvgIpc) is 2.54. The molecule has 1 aliphatic heterocycles. The molecule has 1 aliphatic rings. The number of hydrogen-bond donors (Lipinski definition) is 0. The molecule has 0 saturated carbocycles. The van der Waals surface area contributed by atoms with E-state index in [9.17, 15) is 23.3 Å². The van der Waals surface area contributed by atoms with Crippen molar-refractivity contribution in [2.24, 2.45) is 0 Å². The van der Waals surface area contributed by atoms with Crippen molar-refractivity contribution in [3.8, 4) is 0 Å². The first-order chi connectivity index (χ1) is 11.3. The normalized spacial score (nSPS) is 19.0. The van der Waals surface area contributed by atoms with Crippen molar-refractivity contribution >= 4 is 33.4 Å². The van der Waals surface area contributed by atoms with E-state index in [1.165, 1.54) is 30.8 Å². The lowest BCUT2D eigenvalue weighted by molar-refractivity contribution is -0.387. The Labute approximate surface area is 144 Å². The number of carbonyl (C=O) groups excluding carboxylic acids is 1. The fourth-order valence-electron chi connectivity index (χ4n) is 2.53. The summed E-state index contributed by atoms with van der Waals surface area (Å²) in [6.07, 6.45) is 0. The minimum absolute atomic E-state index is 0.0992. The van der Waals surface area contributed by atoms with Gasteiger partial charge in [-0.1, -0.05) is 12.1 Å². The second-order valence-electron chi connectivity index (χ2n) is 5.14. The number of thioether (sulfide) groups is 1. The number of nitro benzene ring substituents is 1. The SMILES string of the molecule is CCOC(=O)[C@H]1CSCCN1S(=O)(=O)c1c(C)cccc1[N+](=O)[O-]. The first-order valence-electron chi connectivity index (χ1n) is 7.31. The lowest BCUT2D eigenvalue weighted by Crippen LogP contribution is -2.51. The Hall–Kier alpha value is -1.65. The van der Waals surface area contributed by atoms with E-state index in [0.717, 1.165) is 10.4 Å². The Bertz CT molecular complexity index is 750. The number of rotatable bonds is 5. The molecule has 1 atom stereocenters. The van der Waals surface area contributed by atoms with Crippen LogP contribution in [0.5, 0.6) is 0 Å². The van der Waals surface area contributed by atoms with Crippen LogP contribution in [0.3, 0.4) is 0 Å². The first-order valence-corrected chi connectivity index (χ1v) is 9.90. The molecule has 24 heavy (non-hydrogen) atoms. The Kier molecular flexibility index (Phi) is 5.83. The highest BCUT2D eigenvalue weighted by atomic mass is 32.2. The molecule has 1 saturated heterocycles. The molecule has 0 aromatic heterocycles. The van der Waals surface area contributed by atoms with Gasteiger partial charge in [0.2, 0.25) is 0 Å². The number of nitrogens with zero attached hydrogens (tertiary/aromatic N) is 2. The van der Waals surface area contributed by atoms with Crippen LogP contribution in [-0.4, -0.2) is 54.3 Å². The predicted molar refractivity (Wildman–Crippen MR) is 89.5 cm³/mol. The molecule has 2 rings (SSSR count). The maximum Gasteiger partial charge on any atom is 0.325 e. The molecule has 0 N–H and O–H groups in total. The van der Waals surface area contributed by atoms with Crippen LogP contribution in [0.2, 0.25) is 0 Å². The lowest BCUT2D eigenvalue weighted by Gasteiger charge is -2.32. The zero-order chi connectivity index (χ0) is 17.9. The largest absolute Gasteiger partial charge is 0.465 e. The van der Waals surface area contributed by atoms with E-state index in [2.05, 4.69) is 0 Å². The molecule has 0 amide bonds. The highest BCUT2D eigenvalue weighted by Crippen LogP contribution is 2.33. The van der Waals surface area contributed by atoms with Gasteiger partial charge >= 0.3 is 5.97 Å². The van der Waals surface area contributed by atoms with E-state index in [4.69, 9.17) is 4.74 Å². The molecular weight excluding hydrogens is 356 g/mol. The van der Waals surface area contributed by atoms with Crippen LogP contribution in [0.15, 0.2) is 23.1 Å². The summed E-state index contributed by atoms with van der Waals surface area (Å²) >= 11 is 1.45. The van der Waals surface area contributed by atoms with E-state index in [0.29, 0.717) is 5.75 Å². The molecule has 132 valence electrons. The molecule has 0 radical (unpaired) electrons. The number of ether oxygens (including phenoxy) is 1. The van der Waals surface area contributed by atoms with Crippen molar-refractivity contribution in [1.82, 2.24) is 4.31 Å². The van der Waals surface area contributed by atoms with Crippen molar-refractivity contribution in [1.29, 1.82) is 0 Å². The average molecular weight is 374 g/mol. The van der Waals surface area contributed by atoms with Gasteiger partial charge in [-0.15, -0.1) is 0 Å². The molecule has 1 heterocycles. The first kappa shape index (κ1) is 18.7. The third-order valence-electron chi connectivity index (χ3n) is 3.59. The smallest absolute Gasteiger partial charge is 0.325 e. The van der Waals surface area contributed by atoms with Gasteiger partial charge < -0.3 is 4.74 Å². The summed E-state index contributed by atoms with van der Waals surface area (Å²) in [6, 6.07) is 3.10. The van der Waals surface area contributed by atoms with Crippen LogP contribution in [0.1, 0.15) is 12.5 Å². The van der Waals surface area contributed by atoms with Gasteiger partial charge in [0, 0.05) is 24.1 Å². The maximum absolute atomic E-state index is 13.1. The van der Waals surface area contributed by atoms with Gasteiger partial charge in [0.05, 0.1) is 11.5 Å². The number of hydrogen-bond acceptors (Lipinski definition) is 7. The fourth-order valence-corrected chi connectivity index (χ4v) is 5.72. The van der Waals surface area contributed by atoms with Crippen molar-refractivity contribution in [2.75, 3.05) is 24.7 Å². The van der Waals surface area contributed by atoms with Gasteiger partial charge in [-0.25, -0.2) is 8.42 Å². The van der Waals surface area contributed by atoms with E-state index in [-0.39, 0.29) is 29.4 Å². The van der Waals surface area contributed by atoms with Gasteiger partial charge in [-0.05, 0) is 19.4 Å². The highest BCUT2D eigenvalue weighted by molar-refractivity contribution is 7.99. The minimum Gasteiger partial charge on any atom is -0.465 e. The van der Waals surface area contributed by atoms with Crippen LogP contribution in [-0.2, 0) is 19.6 Å². The summed E-state index contributed by atoms with van der Waals surface area (Å²) in [5.41, 5.74) is -0.221. The second-order valence-corrected chi connectivity index (χ2v) is 8.12. The van der Waals surface area contributed by atoms with Crippen molar-refractivity contribution in [3.63, 3.8) is 0 Å². The van der Waals surface area contributed by atoms with Crippen molar-refractivity contribution in [2.45, 2.75) is 24.8 Å². The van der Waals surface area contributed by atoms with Gasteiger partial charge in [0.1, 0.15) is 6.04 Å². The molecule has 1 fully saturated rings. The van der Waals surface area contributed by atoms with E-state index < -0.39 is 32.6 Å². The van der Waals surface area contributed by atoms with Crippen molar-refractivity contribution in [3.05, 3.63) is 33.9 Å². The maximum atomic E-state index is 13.1. The Morgan fingerprint density at radius 3 is 2.83 bits per heavy atom. The molecule has 0 aliphatic carbocycles. The lowest BCUT2D eigenvalue weighted by atomic mass is 10.2. The number of sulfonamides is 1. The Morgan fingerprint density at radius 1 is 1.50 bits per heavy atom. The van der Waals surface area contributed by atoms with Crippen LogP contribution in [0, 0.1) is 17.0 Å². The third kappa shape index (κ3) is 3.55. The molecule has 8 nitrogen and oxygen atoms in total. The number of aryl methyl sites for hydroxylation is 1. The quantitative estimate of drug-likeness (QED) is 0.437. The monoisotopic (exact) mass is 374 g/mol. The number of nitro groups is 1. The van der Waals surface area contributed by atoms with Crippen molar-refractivity contribution < 1.29 is 22.9 Å². The predicted octanol–water partition coefficient (Wildman–Crippen LogP) is 1.57. The Morgan fingerprint density at radius 2 is 2.21 bits per heavy atom. The molecule has 1 aromatic carbocycles. The standard InChI is InChI=1S/C14H18N2O6S2/c1-3-22-14(17)12-9-23-8-7-15(12)24(20,21)13-10(2)5-4-6-11(13)16(18)19/h4-6,12H,3,7-9H2,1-2H3/t12-/m1/s1. The van der Waals surface area contributed by atoms with Crippen LogP contribution in [0.4, 0.5) is 5.69 Å². The molecule has 0 spiro atoms. The summed E-state index contributed by atoms with van der Waals surface area (Å²) < 4.78 is 32.1. The van der Waals surface area contributed by atoms with E-state index in [1.54, 1.807) is 6.92 Å². The summed E-state index contributed by atoms with van der Waals surface area (Å²) in [5.74, 6) is 0.136. The van der Waals surface area contributed by atoms with Crippen LogP contribution >= 0.6 is 11.8 Å². The number of benzene rings is 1.